The predicted octanol–water partition coefficient (Wildman–Crippen LogP) is 2.11. The van der Waals surface area contributed by atoms with Gasteiger partial charge in [-0.05, 0) is 36.4 Å². The molecule has 2 aromatic carbocycles. The molecule has 0 radical (unpaired) electrons. The van der Waals surface area contributed by atoms with Crippen LogP contribution in [0.4, 0.5) is 10.1 Å². The summed E-state index contributed by atoms with van der Waals surface area (Å²) in [5.74, 6) is -1.87. The quantitative estimate of drug-likeness (QED) is 0.845. The van der Waals surface area contributed by atoms with Crippen LogP contribution in [0, 0.1) is 5.82 Å². The maximum atomic E-state index is 12.9. The largest absolute Gasteiger partial charge is 0.465 e. The zero-order chi connectivity index (χ0) is 17.3. The first kappa shape index (κ1) is 15.7. The standard InChI is InChI=1S/C17H13FN2O4/c1-24-17(23)11-6-7-13(14-12(11)8-19-16(14)22)20-15(21)9-2-4-10(18)5-3-9/h2-7H,8H2,1H3,(H,19,22)(H,20,21). The summed E-state index contributed by atoms with van der Waals surface area (Å²) in [7, 11) is 1.25. The van der Waals surface area contributed by atoms with Gasteiger partial charge in [0.15, 0.2) is 0 Å². The molecule has 0 unspecified atom stereocenters. The molecular formula is C17H13FN2O4. The number of esters is 1. The molecule has 2 N–H and O–H groups in total. The normalized spacial score (nSPS) is 12.3. The van der Waals surface area contributed by atoms with Crippen molar-refractivity contribution in [3.05, 3.63) is 64.5 Å². The van der Waals surface area contributed by atoms with E-state index in [1.165, 1.54) is 43.5 Å². The molecule has 1 aliphatic heterocycles. The van der Waals surface area contributed by atoms with Crippen LogP contribution in [0.2, 0.25) is 0 Å². The summed E-state index contributed by atoms with van der Waals surface area (Å²) < 4.78 is 17.6. The van der Waals surface area contributed by atoms with Crippen LogP contribution in [-0.2, 0) is 11.3 Å². The highest BCUT2D eigenvalue weighted by Crippen LogP contribution is 2.28. The van der Waals surface area contributed by atoms with Crippen molar-refractivity contribution in [2.24, 2.45) is 0 Å². The number of benzene rings is 2. The van der Waals surface area contributed by atoms with Gasteiger partial charge < -0.3 is 15.4 Å². The Hall–Kier alpha value is -3.22. The zero-order valence-electron chi connectivity index (χ0n) is 12.7. The van der Waals surface area contributed by atoms with Crippen LogP contribution in [0.3, 0.4) is 0 Å². The maximum Gasteiger partial charge on any atom is 0.338 e. The lowest BCUT2D eigenvalue weighted by Crippen LogP contribution is -2.17. The van der Waals surface area contributed by atoms with Crippen molar-refractivity contribution < 1.29 is 23.5 Å². The van der Waals surface area contributed by atoms with Crippen molar-refractivity contribution in [1.82, 2.24) is 5.32 Å². The number of anilines is 1. The number of halogens is 1. The molecule has 7 heteroatoms. The Balaban J connectivity index is 1.96. The van der Waals surface area contributed by atoms with Gasteiger partial charge in [0.25, 0.3) is 11.8 Å². The molecule has 0 spiro atoms. The molecule has 1 heterocycles. The van der Waals surface area contributed by atoms with Gasteiger partial charge >= 0.3 is 5.97 Å². The Labute approximate surface area is 136 Å². The van der Waals surface area contributed by atoms with Gasteiger partial charge in [-0.25, -0.2) is 9.18 Å². The monoisotopic (exact) mass is 328 g/mol. The minimum atomic E-state index is -0.556. The van der Waals surface area contributed by atoms with E-state index >= 15 is 0 Å². The fourth-order valence-electron chi connectivity index (χ4n) is 2.55. The van der Waals surface area contributed by atoms with Crippen LogP contribution in [-0.4, -0.2) is 24.9 Å². The second kappa shape index (κ2) is 6.11. The van der Waals surface area contributed by atoms with E-state index in [4.69, 9.17) is 4.74 Å². The van der Waals surface area contributed by atoms with Crippen LogP contribution < -0.4 is 10.6 Å². The molecule has 2 amide bonds. The van der Waals surface area contributed by atoms with Gasteiger partial charge in [-0.3, -0.25) is 9.59 Å². The number of fused-ring (bicyclic) bond motifs is 1. The van der Waals surface area contributed by atoms with Gasteiger partial charge in [0.2, 0.25) is 0 Å². The molecule has 0 saturated heterocycles. The number of rotatable bonds is 3. The lowest BCUT2D eigenvalue weighted by Gasteiger charge is -2.11. The van der Waals surface area contributed by atoms with E-state index in [-0.39, 0.29) is 34.8 Å². The van der Waals surface area contributed by atoms with Crippen molar-refractivity contribution in [2.45, 2.75) is 6.54 Å². The van der Waals surface area contributed by atoms with Gasteiger partial charge in [-0.15, -0.1) is 0 Å². The molecule has 24 heavy (non-hydrogen) atoms. The molecule has 0 aliphatic carbocycles. The fourth-order valence-corrected chi connectivity index (χ4v) is 2.55. The smallest absolute Gasteiger partial charge is 0.338 e. The topological polar surface area (TPSA) is 84.5 Å². The average Bonchev–Trinajstić information content (AvgIpc) is 2.97. The number of ether oxygens (including phenoxy) is 1. The van der Waals surface area contributed by atoms with Gasteiger partial charge in [0, 0.05) is 17.7 Å². The Morgan fingerprint density at radius 2 is 1.88 bits per heavy atom. The predicted molar refractivity (Wildman–Crippen MR) is 83.3 cm³/mol. The zero-order valence-corrected chi connectivity index (χ0v) is 12.7. The molecule has 0 saturated carbocycles. The molecule has 3 rings (SSSR count). The number of carbonyl (C=O) groups excluding carboxylic acids is 3. The molecule has 0 fully saturated rings. The van der Waals surface area contributed by atoms with Crippen LogP contribution in [0.1, 0.15) is 36.6 Å². The third-order valence-corrected chi connectivity index (χ3v) is 3.73. The highest BCUT2D eigenvalue weighted by Gasteiger charge is 2.28. The summed E-state index contributed by atoms with van der Waals surface area (Å²) in [4.78, 5) is 36.1. The molecule has 2 aromatic rings. The third-order valence-electron chi connectivity index (χ3n) is 3.73. The molecule has 6 nitrogen and oxygen atoms in total. The van der Waals surface area contributed by atoms with Gasteiger partial charge in [-0.1, -0.05) is 0 Å². The Kier molecular flexibility index (Phi) is 3.99. The minimum absolute atomic E-state index is 0.179. The number of hydrogen-bond acceptors (Lipinski definition) is 4. The Morgan fingerprint density at radius 1 is 1.17 bits per heavy atom. The van der Waals surface area contributed by atoms with E-state index in [0.29, 0.717) is 5.56 Å². The highest BCUT2D eigenvalue weighted by atomic mass is 19.1. The first-order valence-corrected chi connectivity index (χ1v) is 7.10. The lowest BCUT2D eigenvalue weighted by atomic mass is 10.0. The second-order valence-corrected chi connectivity index (χ2v) is 5.15. The van der Waals surface area contributed by atoms with E-state index in [1.807, 2.05) is 0 Å². The molecular weight excluding hydrogens is 315 g/mol. The summed E-state index contributed by atoms with van der Waals surface area (Å²) >= 11 is 0. The maximum absolute atomic E-state index is 12.9. The van der Waals surface area contributed by atoms with Crippen LogP contribution in [0.15, 0.2) is 36.4 Å². The van der Waals surface area contributed by atoms with Gasteiger partial charge in [-0.2, -0.15) is 0 Å². The number of nitrogens with one attached hydrogen (secondary N) is 2. The second-order valence-electron chi connectivity index (χ2n) is 5.15. The fraction of sp³-hybridized carbons (Fsp3) is 0.118. The van der Waals surface area contributed by atoms with E-state index in [2.05, 4.69) is 10.6 Å². The van der Waals surface area contributed by atoms with Crippen LogP contribution in [0.5, 0.6) is 0 Å². The van der Waals surface area contributed by atoms with E-state index in [9.17, 15) is 18.8 Å². The summed E-state index contributed by atoms with van der Waals surface area (Å²) in [5.41, 5.74) is 1.50. The van der Waals surface area contributed by atoms with Crippen molar-refractivity contribution >= 4 is 23.5 Å². The summed E-state index contributed by atoms with van der Waals surface area (Å²) in [6.07, 6.45) is 0. The highest BCUT2D eigenvalue weighted by molar-refractivity contribution is 6.12. The number of carbonyl (C=O) groups is 3. The van der Waals surface area contributed by atoms with Gasteiger partial charge in [0.1, 0.15) is 5.82 Å². The van der Waals surface area contributed by atoms with Crippen molar-refractivity contribution in [2.75, 3.05) is 12.4 Å². The molecule has 0 aromatic heterocycles. The van der Waals surface area contributed by atoms with Crippen molar-refractivity contribution in [3.63, 3.8) is 0 Å². The van der Waals surface area contributed by atoms with Gasteiger partial charge in [0.05, 0.1) is 23.9 Å². The molecule has 0 atom stereocenters. The minimum Gasteiger partial charge on any atom is -0.465 e. The molecule has 1 aliphatic rings. The summed E-state index contributed by atoms with van der Waals surface area (Å²) in [6.45, 7) is 0.179. The third kappa shape index (κ3) is 2.71. The van der Waals surface area contributed by atoms with E-state index in [1.54, 1.807) is 0 Å². The number of methoxy groups -OCH3 is 1. The average molecular weight is 328 g/mol. The summed E-state index contributed by atoms with van der Waals surface area (Å²) in [5, 5.41) is 5.24. The lowest BCUT2D eigenvalue weighted by molar-refractivity contribution is 0.0599. The summed E-state index contributed by atoms with van der Waals surface area (Å²) in [6, 6.07) is 7.99. The Morgan fingerprint density at radius 3 is 2.54 bits per heavy atom. The van der Waals surface area contributed by atoms with Crippen molar-refractivity contribution in [1.29, 1.82) is 0 Å². The first-order chi connectivity index (χ1) is 11.5. The van der Waals surface area contributed by atoms with E-state index in [0.717, 1.165) is 0 Å². The number of amides is 2. The molecule has 0 bridgehead atoms. The SMILES string of the molecule is COC(=O)c1ccc(NC(=O)c2ccc(F)cc2)c2c1CNC2=O. The van der Waals surface area contributed by atoms with E-state index < -0.39 is 17.7 Å². The molecule has 122 valence electrons. The number of hydrogen-bond donors (Lipinski definition) is 2. The van der Waals surface area contributed by atoms with Crippen molar-refractivity contribution in [3.8, 4) is 0 Å². The Bertz CT molecular complexity index is 846. The van der Waals surface area contributed by atoms with Crippen LogP contribution in [0.25, 0.3) is 0 Å². The first-order valence-electron chi connectivity index (χ1n) is 7.10. The van der Waals surface area contributed by atoms with Crippen LogP contribution >= 0.6 is 0 Å².